The molecule has 0 saturated heterocycles. The first-order valence-corrected chi connectivity index (χ1v) is 8.10. The smallest absolute Gasteiger partial charge is 0.324 e. The van der Waals surface area contributed by atoms with Crippen LogP contribution >= 0.6 is 0 Å². The van der Waals surface area contributed by atoms with E-state index in [0.29, 0.717) is 5.54 Å². The van der Waals surface area contributed by atoms with Crippen LogP contribution < -0.4 is 0 Å². The monoisotopic (exact) mass is 232 g/mol. The lowest BCUT2D eigenvalue weighted by Crippen LogP contribution is -2.27. The minimum atomic E-state index is -1.38. The molecule has 1 unspecified atom stereocenters. The van der Waals surface area contributed by atoms with Gasteiger partial charge in [-0.2, -0.15) is 0 Å². The van der Waals surface area contributed by atoms with Gasteiger partial charge in [0.2, 0.25) is 0 Å². The van der Waals surface area contributed by atoms with E-state index in [-0.39, 0.29) is 0 Å². The highest BCUT2D eigenvalue weighted by molar-refractivity contribution is 6.46. The fourth-order valence-corrected chi connectivity index (χ4v) is 3.65. The maximum absolute atomic E-state index is 5.72. The van der Waals surface area contributed by atoms with Crippen LogP contribution in [0.3, 0.4) is 0 Å². The molecule has 0 bridgehead atoms. The molecule has 0 fully saturated rings. The van der Waals surface area contributed by atoms with Gasteiger partial charge in [0, 0.05) is 13.2 Å². The predicted molar refractivity (Wildman–Crippen MR) is 68.6 cm³/mol. The normalized spacial score (nSPS) is 13.4. The fourth-order valence-electron chi connectivity index (χ4n) is 1.73. The summed E-state index contributed by atoms with van der Waals surface area (Å²) in [5.41, 5.74) is 0.654. The van der Waals surface area contributed by atoms with Gasteiger partial charge in [-0.05, 0) is 25.8 Å². The summed E-state index contributed by atoms with van der Waals surface area (Å²) in [7, 11) is -1.38. The summed E-state index contributed by atoms with van der Waals surface area (Å²) in [4.78, 5) is 0. The molecule has 1 atom stereocenters. The molecule has 3 heteroatoms. The van der Waals surface area contributed by atoms with Gasteiger partial charge in [0.15, 0.2) is 0 Å². The van der Waals surface area contributed by atoms with E-state index in [4.69, 9.17) is 8.85 Å². The Hall–Kier alpha value is 0.137. The number of unbranched alkanes of at least 4 members (excludes halogenated alkanes) is 3. The summed E-state index contributed by atoms with van der Waals surface area (Å²) in [6.45, 7) is 10.3. The average molecular weight is 232 g/mol. The first-order valence-electron chi connectivity index (χ1n) is 6.49. The second kappa shape index (κ2) is 10.6. The van der Waals surface area contributed by atoms with Crippen LogP contribution in [-0.4, -0.2) is 22.5 Å². The minimum absolute atomic E-state index is 0.654. The van der Waals surface area contributed by atoms with Gasteiger partial charge in [-0.15, -0.1) is 0 Å². The van der Waals surface area contributed by atoms with Crippen LogP contribution in [0.1, 0.15) is 59.8 Å². The molecule has 0 aromatic rings. The van der Waals surface area contributed by atoms with E-state index in [2.05, 4.69) is 27.7 Å². The van der Waals surface area contributed by atoms with Crippen molar-refractivity contribution in [1.82, 2.24) is 0 Å². The number of rotatable bonds is 10. The first kappa shape index (κ1) is 15.1. The average Bonchev–Trinajstić information content (AvgIpc) is 2.24. The molecular formula is C12H28O2Si. The molecule has 0 radical (unpaired) electrons. The molecule has 0 aliphatic carbocycles. The van der Waals surface area contributed by atoms with Crippen LogP contribution in [0, 0.1) is 0 Å². The molecule has 0 N–H and O–H groups in total. The van der Waals surface area contributed by atoms with Gasteiger partial charge in [0.05, 0.1) is 0 Å². The zero-order valence-electron chi connectivity index (χ0n) is 10.9. The summed E-state index contributed by atoms with van der Waals surface area (Å²) >= 11 is 0. The second-order valence-electron chi connectivity index (χ2n) is 4.11. The Morgan fingerprint density at radius 1 is 0.933 bits per heavy atom. The summed E-state index contributed by atoms with van der Waals surface area (Å²) < 4.78 is 11.4. The van der Waals surface area contributed by atoms with Crippen molar-refractivity contribution in [2.45, 2.75) is 65.3 Å². The van der Waals surface area contributed by atoms with E-state index in [1.807, 2.05) is 0 Å². The summed E-state index contributed by atoms with van der Waals surface area (Å²) in [5.74, 6) is 0. The summed E-state index contributed by atoms with van der Waals surface area (Å²) in [6.07, 6.45) is 6.64. The Labute approximate surface area is 97.2 Å². The predicted octanol–water partition coefficient (Wildman–Crippen LogP) is 3.64. The molecule has 0 aliphatic heterocycles. The Morgan fingerprint density at radius 2 is 1.53 bits per heavy atom. The number of hydrogen-bond acceptors (Lipinski definition) is 2. The summed E-state index contributed by atoms with van der Waals surface area (Å²) in [5, 5.41) is 0. The van der Waals surface area contributed by atoms with Gasteiger partial charge >= 0.3 is 9.28 Å². The molecule has 0 aromatic heterocycles. The van der Waals surface area contributed by atoms with Gasteiger partial charge in [0.25, 0.3) is 0 Å². The van der Waals surface area contributed by atoms with E-state index in [1.54, 1.807) is 0 Å². The molecule has 0 aromatic carbocycles. The lowest BCUT2D eigenvalue weighted by Gasteiger charge is -2.21. The third kappa shape index (κ3) is 8.00. The van der Waals surface area contributed by atoms with Crippen molar-refractivity contribution in [3.05, 3.63) is 0 Å². The molecule has 0 spiro atoms. The van der Waals surface area contributed by atoms with Crippen LogP contribution in [0.4, 0.5) is 0 Å². The molecule has 0 saturated carbocycles. The van der Waals surface area contributed by atoms with E-state index in [1.165, 1.54) is 32.1 Å². The SMILES string of the molecule is CCCCCCC(C)[SiH](OCC)OCC. The summed E-state index contributed by atoms with van der Waals surface area (Å²) in [6, 6.07) is 0. The second-order valence-corrected chi connectivity index (χ2v) is 6.65. The third-order valence-corrected chi connectivity index (χ3v) is 5.23. The van der Waals surface area contributed by atoms with Gasteiger partial charge in [-0.3, -0.25) is 0 Å². The van der Waals surface area contributed by atoms with Gasteiger partial charge < -0.3 is 8.85 Å². The molecule has 15 heavy (non-hydrogen) atoms. The van der Waals surface area contributed by atoms with Crippen molar-refractivity contribution in [3.63, 3.8) is 0 Å². The minimum Gasteiger partial charge on any atom is -0.397 e. The molecule has 0 rings (SSSR count). The lowest BCUT2D eigenvalue weighted by atomic mass is 10.1. The van der Waals surface area contributed by atoms with Crippen molar-refractivity contribution in [2.24, 2.45) is 0 Å². The van der Waals surface area contributed by atoms with Crippen molar-refractivity contribution in [1.29, 1.82) is 0 Å². The van der Waals surface area contributed by atoms with E-state index in [9.17, 15) is 0 Å². The molecule has 2 nitrogen and oxygen atoms in total. The highest BCUT2D eigenvalue weighted by Gasteiger charge is 2.20. The van der Waals surface area contributed by atoms with Crippen molar-refractivity contribution in [2.75, 3.05) is 13.2 Å². The molecule has 0 aliphatic rings. The standard InChI is InChI=1S/C12H28O2Si/c1-5-8-9-10-11-12(4)15(13-6-2)14-7-3/h12,15H,5-11H2,1-4H3. The quantitative estimate of drug-likeness (QED) is 0.423. The van der Waals surface area contributed by atoms with E-state index < -0.39 is 9.28 Å². The van der Waals surface area contributed by atoms with Crippen LogP contribution in [0.5, 0.6) is 0 Å². The largest absolute Gasteiger partial charge is 0.397 e. The first-order chi connectivity index (χ1) is 7.26. The molecular weight excluding hydrogens is 204 g/mol. The molecule has 92 valence electrons. The van der Waals surface area contributed by atoms with Crippen LogP contribution in [0.25, 0.3) is 0 Å². The number of hydrogen-bond donors (Lipinski definition) is 0. The maximum atomic E-state index is 5.72. The maximum Gasteiger partial charge on any atom is 0.324 e. The van der Waals surface area contributed by atoms with Crippen molar-refractivity contribution >= 4 is 9.28 Å². The Kier molecular flexibility index (Phi) is 10.7. The van der Waals surface area contributed by atoms with E-state index in [0.717, 1.165) is 13.2 Å². The van der Waals surface area contributed by atoms with Gasteiger partial charge in [-0.25, -0.2) is 0 Å². The van der Waals surface area contributed by atoms with Crippen LogP contribution in [0.2, 0.25) is 5.54 Å². The molecule has 0 heterocycles. The topological polar surface area (TPSA) is 18.5 Å². The van der Waals surface area contributed by atoms with E-state index >= 15 is 0 Å². The third-order valence-electron chi connectivity index (χ3n) is 2.64. The molecule has 0 amide bonds. The van der Waals surface area contributed by atoms with Gasteiger partial charge in [0.1, 0.15) is 0 Å². The highest BCUT2D eigenvalue weighted by Crippen LogP contribution is 2.20. The fraction of sp³-hybridized carbons (Fsp3) is 1.00. The zero-order valence-corrected chi connectivity index (χ0v) is 12.1. The van der Waals surface area contributed by atoms with Crippen molar-refractivity contribution < 1.29 is 8.85 Å². The van der Waals surface area contributed by atoms with Crippen molar-refractivity contribution in [3.8, 4) is 0 Å². The van der Waals surface area contributed by atoms with Gasteiger partial charge in [-0.1, -0.05) is 39.5 Å². The lowest BCUT2D eigenvalue weighted by molar-refractivity contribution is 0.203. The van der Waals surface area contributed by atoms with Crippen LogP contribution in [-0.2, 0) is 8.85 Å². The highest BCUT2D eigenvalue weighted by atomic mass is 28.3. The van der Waals surface area contributed by atoms with Crippen LogP contribution in [0.15, 0.2) is 0 Å². The Balaban J connectivity index is 3.65. The Morgan fingerprint density at radius 3 is 2.00 bits per heavy atom. The Bertz CT molecular complexity index is 125. The zero-order chi connectivity index (χ0) is 11.5.